The number of amides is 1. The number of rotatable bonds is 3. The normalized spacial score (nSPS) is 15.3. The van der Waals surface area contributed by atoms with Crippen LogP contribution < -0.4 is 10.1 Å². The molecule has 0 radical (unpaired) electrons. The quantitative estimate of drug-likeness (QED) is 0.777. The second kappa shape index (κ2) is 5.55. The van der Waals surface area contributed by atoms with E-state index in [-0.39, 0.29) is 11.7 Å². The minimum atomic E-state index is -0.0213. The molecule has 0 bridgehead atoms. The third-order valence-corrected chi connectivity index (χ3v) is 2.79. The lowest BCUT2D eigenvalue weighted by atomic mass is 10.2. The van der Waals surface area contributed by atoms with Gasteiger partial charge in [-0.3, -0.25) is 10.1 Å². The van der Waals surface area contributed by atoms with Crippen LogP contribution in [-0.2, 0) is 4.79 Å². The zero-order valence-corrected chi connectivity index (χ0v) is 10.2. The highest BCUT2D eigenvalue weighted by Crippen LogP contribution is 2.26. The van der Waals surface area contributed by atoms with Crippen LogP contribution in [0.1, 0.15) is 5.56 Å². The van der Waals surface area contributed by atoms with Gasteiger partial charge in [0.25, 0.3) is 0 Å². The topological polar surface area (TPSA) is 61.8 Å². The number of phenols is 1. The van der Waals surface area contributed by atoms with Gasteiger partial charge < -0.3 is 14.7 Å². The molecule has 18 heavy (non-hydrogen) atoms. The van der Waals surface area contributed by atoms with E-state index in [1.165, 1.54) is 13.2 Å². The zero-order chi connectivity index (χ0) is 13.0. The molecular formula is C13H16N2O3. The van der Waals surface area contributed by atoms with E-state index in [1.54, 1.807) is 29.2 Å². The molecule has 1 aromatic rings. The van der Waals surface area contributed by atoms with Crippen LogP contribution in [0.2, 0.25) is 0 Å². The molecule has 2 N–H and O–H groups in total. The van der Waals surface area contributed by atoms with E-state index in [9.17, 15) is 9.90 Å². The molecule has 96 valence electrons. The summed E-state index contributed by atoms with van der Waals surface area (Å²) in [4.78, 5) is 13.5. The number of nitrogens with one attached hydrogen (secondary N) is 1. The Labute approximate surface area is 106 Å². The Morgan fingerprint density at radius 2 is 2.39 bits per heavy atom. The third-order valence-electron chi connectivity index (χ3n) is 2.79. The number of carbonyl (C=O) groups is 1. The van der Waals surface area contributed by atoms with Crippen LogP contribution in [0.3, 0.4) is 0 Å². The highest BCUT2D eigenvalue weighted by molar-refractivity contribution is 5.92. The lowest BCUT2D eigenvalue weighted by molar-refractivity contribution is -0.124. The van der Waals surface area contributed by atoms with Crippen molar-refractivity contribution in [2.24, 2.45) is 0 Å². The highest BCUT2D eigenvalue weighted by atomic mass is 16.5. The molecule has 0 aliphatic carbocycles. The molecule has 0 saturated carbocycles. The van der Waals surface area contributed by atoms with E-state index in [0.29, 0.717) is 12.4 Å². The summed E-state index contributed by atoms with van der Waals surface area (Å²) in [7, 11) is 1.49. The van der Waals surface area contributed by atoms with Crippen LogP contribution in [-0.4, -0.2) is 42.8 Å². The van der Waals surface area contributed by atoms with Crippen molar-refractivity contribution in [3.05, 3.63) is 29.8 Å². The van der Waals surface area contributed by atoms with E-state index in [0.717, 1.165) is 18.7 Å². The van der Waals surface area contributed by atoms with E-state index in [2.05, 4.69) is 5.32 Å². The van der Waals surface area contributed by atoms with Gasteiger partial charge in [0, 0.05) is 19.2 Å². The molecule has 1 saturated heterocycles. The van der Waals surface area contributed by atoms with Gasteiger partial charge in [-0.15, -0.1) is 0 Å². The van der Waals surface area contributed by atoms with E-state index >= 15 is 0 Å². The summed E-state index contributed by atoms with van der Waals surface area (Å²) in [5.74, 6) is 0.462. The van der Waals surface area contributed by atoms with Crippen LogP contribution in [0.5, 0.6) is 11.5 Å². The number of aromatic hydroxyl groups is 1. The SMILES string of the molecule is COc1cc(/C=C/C(=O)N2CCNC2)ccc1O. The first kappa shape index (κ1) is 12.4. The van der Waals surface area contributed by atoms with Gasteiger partial charge in [0.05, 0.1) is 13.8 Å². The van der Waals surface area contributed by atoms with Crippen LogP contribution in [0, 0.1) is 0 Å². The minimum Gasteiger partial charge on any atom is -0.504 e. The monoisotopic (exact) mass is 248 g/mol. The van der Waals surface area contributed by atoms with Crippen LogP contribution >= 0.6 is 0 Å². The molecule has 5 heteroatoms. The molecule has 0 unspecified atom stereocenters. The number of carbonyl (C=O) groups excluding carboxylic acids is 1. The van der Waals surface area contributed by atoms with Gasteiger partial charge in [0.15, 0.2) is 11.5 Å². The van der Waals surface area contributed by atoms with Crippen molar-refractivity contribution >= 4 is 12.0 Å². The molecule has 1 heterocycles. The average molecular weight is 248 g/mol. The van der Waals surface area contributed by atoms with Crippen molar-refractivity contribution in [2.75, 3.05) is 26.9 Å². The first-order valence-corrected chi connectivity index (χ1v) is 5.75. The Balaban J connectivity index is 2.06. The summed E-state index contributed by atoms with van der Waals surface area (Å²) in [5, 5.41) is 12.5. The van der Waals surface area contributed by atoms with Crippen molar-refractivity contribution in [1.29, 1.82) is 0 Å². The Morgan fingerprint density at radius 1 is 1.56 bits per heavy atom. The molecular weight excluding hydrogens is 232 g/mol. The molecule has 1 amide bonds. The van der Waals surface area contributed by atoms with Crippen LogP contribution in [0.4, 0.5) is 0 Å². The lowest BCUT2D eigenvalue weighted by Crippen LogP contribution is -2.27. The second-order valence-electron chi connectivity index (χ2n) is 4.02. The van der Waals surface area contributed by atoms with E-state index in [4.69, 9.17) is 4.74 Å². The number of ether oxygens (including phenoxy) is 1. The van der Waals surface area contributed by atoms with Crippen molar-refractivity contribution in [3.8, 4) is 11.5 Å². The number of benzene rings is 1. The predicted octanol–water partition coefficient (Wildman–Crippen LogP) is 0.803. The van der Waals surface area contributed by atoms with Crippen molar-refractivity contribution < 1.29 is 14.6 Å². The van der Waals surface area contributed by atoms with Gasteiger partial charge in [-0.2, -0.15) is 0 Å². The van der Waals surface area contributed by atoms with Gasteiger partial charge in [-0.05, 0) is 23.8 Å². The summed E-state index contributed by atoms with van der Waals surface area (Å²) in [5.41, 5.74) is 0.810. The average Bonchev–Trinajstić information content (AvgIpc) is 2.91. The largest absolute Gasteiger partial charge is 0.504 e. The molecule has 0 spiro atoms. The second-order valence-corrected chi connectivity index (χ2v) is 4.02. The maximum Gasteiger partial charge on any atom is 0.247 e. The van der Waals surface area contributed by atoms with Gasteiger partial charge in [-0.25, -0.2) is 0 Å². The summed E-state index contributed by atoms with van der Waals surface area (Å²) < 4.78 is 5.00. The smallest absolute Gasteiger partial charge is 0.247 e. The van der Waals surface area contributed by atoms with E-state index < -0.39 is 0 Å². The fraction of sp³-hybridized carbons (Fsp3) is 0.308. The highest BCUT2D eigenvalue weighted by Gasteiger charge is 2.14. The Bertz CT molecular complexity index is 465. The van der Waals surface area contributed by atoms with Crippen LogP contribution in [0.15, 0.2) is 24.3 Å². The lowest BCUT2D eigenvalue weighted by Gasteiger charge is -2.10. The number of methoxy groups -OCH3 is 1. The molecule has 1 aromatic carbocycles. The molecule has 1 aliphatic heterocycles. The summed E-state index contributed by atoms with van der Waals surface area (Å²) >= 11 is 0. The standard InChI is InChI=1S/C13H16N2O3/c1-18-12-8-10(2-4-11(12)16)3-5-13(17)15-7-6-14-9-15/h2-5,8,14,16H,6-7,9H2,1H3/b5-3+. The number of phenolic OH excluding ortho intramolecular Hbond substituents is 1. The van der Waals surface area contributed by atoms with Gasteiger partial charge in [-0.1, -0.05) is 6.07 Å². The maximum absolute atomic E-state index is 11.8. The van der Waals surface area contributed by atoms with Crippen molar-refractivity contribution in [2.45, 2.75) is 0 Å². The van der Waals surface area contributed by atoms with Gasteiger partial charge in [0.1, 0.15) is 0 Å². The fourth-order valence-corrected chi connectivity index (χ4v) is 1.77. The summed E-state index contributed by atoms with van der Waals surface area (Å²) in [6.45, 7) is 2.18. The molecule has 1 aliphatic rings. The summed E-state index contributed by atoms with van der Waals surface area (Å²) in [6.07, 6.45) is 3.24. The minimum absolute atomic E-state index is 0.0213. The van der Waals surface area contributed by atoms with Gasteiger partial charge >= 0.3 is 0 Å². The Hall–Kier alpha value is -2.01. The number of nitrogens with zero attached hydrogens (tertiary/aromatic N) is 1. The number of hydrogen-bond donors (Lipinski definition) is 2. The van der Waals surface area contributed by atoms with Crippen molar-refractivity contribution in [3.63, 3.8) is 0 Å². The zero-order valence-electron chi connectivity index (χ0n) is 10.2. The molecule has 0 atom stereocenters. The molecule has 5 nitrogen and oxygen atoms in total. The Kier molecular flexibility index (Phi) is 3.84. The molecule has 2 rings (SSSR count). The van der Waals surface area contributed by atoms with Gasteiger partial charge in [0.2, 0.25) is 5.91 Å². The molecule has 1 fully saturated rings. The first-order chi connectivity index (χ1) is 8.70. The van der Waals surface area contributed by atoms with E-state index in [1.807, 2.05) is 0 Å². The maximum atomic E-state index is 11.8. The fourth-order valence-electron chi connectivity index (χ4n) is 1.77. The summed E-state index contributed by atoms with van der Waals surface area (Å²) in [6, 6.07) is 4.95. The van der Waals surface area contributed by atoms with Crippen LogP contribution in [0.25, 0.3) is 6.08 Å². The number of hydrogen-bond acceptors (Lipinski definition) is 4. The Morgan fingerprint density at radius 3 is 3.06 bits per heavy atom. The molecule has 0 aromatic heterocycles. The first-order valence-electron chi connectivity index (χ1n) is 5.75. The third kappa shape index (κ3) is 2.81. The predicted molar refractivity (Wildman–Crippen MR) is 68.3 cm³/mol. The van der Waals surface area contributed by atoms with Crippen molar-refractivity contribution in [1.82, 2.24) is 10.2 Å².